The van der Waals surface area contributed by atoms with E-state index in [1.54, 1.807) is 0 Å². The molecule has 0 heterocycles. The molecule has 0 aliphatic rings. The number of carbonyl (C=O) groups excluding carboxylic acids is 3. The van der Waals surface area contributed by atoms with Crippen LogP contribution in [0.1, 0.15) is 226 Å². The predicted molar refractivity (Wildman–Crippen MR) is 233 cm³/mol. The minimum Gasteiger partial charge on any atom is -0.462 e. The average molecular weight is 771 g/mol. The molecule has 0 rings (SSSR count). The molecule has 0 aliphatic carbocycles. The van der Waals surface area contributed by atoms with Gasteiger partial charge in [-0.25, -0.2) is 0 Å². The Morgan fingerprint density at radius 2 is 0.673 bits per heavy atom. The summed E-state index contributed by atoms with van der Waals surface area (Å²) in [5, 5.41) is 0. The minimum atomic E-state index is -0.787. The molecular weight excluding hydrogens is 685 g/mol. The molecule has 0 fully saturated rings. The summed E-state index contributed by atoms with van der Waals surface area (Å²) in [6, 6.07) is 0. The highest BCUT2D eigenvalue weighted by Crippen LogP contribution is 2.14. The van der Waals surface area contributed by atoms with Crippen LogP contribution in [0.25, 0.3) is 0 Å². The number of allylic oxidation sites excluding steroid dienone is 8. The van der Waals surface area contributed by atoms with E-state index in [1.165, 1.54) is 116 Å². The van der Waals surface area contributed by atoms with Crippen LogP contribution in [0.2, 0.25) is 0 Å². The van der Waals surface area contributed by atoms with Crippen LogP contribution < -0.4 is 0 Å². The zero-order chi connectivity index (χ0) is 40.1. The SMILES string of the molecule is CCCCC/C=C\C/C=C\C/C=C\C/C=C\CCCC(=O)OCC(COC(=O)CCCCCCCCCCC)OC(=O)CCCCCCCCCCCCC. The first-order chi connectivity index (χ1) is 27.0. The molecule has 1 unspecified atom stereocenters. The van der Waals surface area contributed by atoms with Crippen molar-refractivity contribution in [2.45, 2.75) is 232 Å². The largest absolute Gasteiger partial charge is 0.462 e. The first-order valence-electron chi connectivity index (χ1n) is 23.1. The van der Waals surface area contributed by atoms with Gasteiger partial charge in [-0.05, 0) is 57.8 Å². The summed E-state index contributed by atoms with van der Waals surface area (Å²) < 4.78 is 16.6. The van der Waals surface area contributed by atoms with E-state index in [4.69, 9.17) is 14.2 Å². The molecule has 6 heteroatoms. The molecule has 0 bridgehead atoms. The molecular formula is C49H86O6. The first kappa shape index (κ1) is 52.4. The van der Waals surface area contributed by atoms with Crippen molar-refractivity contribution in [1.29, 1.82) is 0 Å². The molecule has 0 amide bonds. The lowest BCUT2D eigenvalue weighted by Crippen LogP contribution is -2.30. The van der Waals surface area contributed by atoms with Gasteiger partial charge in [-0.3, -0.25) is 14.4 Å². The molecule has 55 heavy (non-hydrogen) atoms. The summed E-state index contributed by atoms with van der Waals surface area (Å²) in [5.74, 6) is -0.949. The van der Waals surface area contributed by atoms with Crippen LogP contribution in [0.5, 0.6) is 0 Å². The van der Waals surface area contributed by atoms with Gasteiger partial charge in [0.1, 0.15) is 13.2 Å². The van der Waals surface area contributed by atoms with Crippen molar-refractivity contribution < 1.29 is 28.6 Å². The predicted octanol–water partition coefficient (Wildman–Crippen LogP) is 14.8. The second-order valence-electron chi connectivity index (χ2n) is 15.3. The minimum absolute atomic E-state index is 0.0875. The van der Waals surface area contributed by atoms with Gasteiger partial charge in [0.05, 0.1) is 0 Å². The van der Waals surface area contributed by atoms with Gasteiger partial charge in [-0.15, -0.1) is 0 Å². The maximum atomic E-state index is 12.7. The van der Waals surface area contributed by atoms with E-state index < -0.39 is 6.10 Å². The molecule has 0 aromatic heterocycles. The van der Waals surface area contributed by atoms with Crippen LogP contribution in [0.3, 0.4) is 0 Å². The Kier molecular flexibility index (Phi) is 42.0. The molecule has 0 aromatic rings. The molecule has 6 nitrogen and oxygen atoms in total. The van der Waals surface area contributed by atoms with Crippen molar-refractivity contribution in [3.8, 4) is 0 Å². The molecule has 1 atom stereocenters. The standard InChI is InChI=1S/C49H86O6/c1-4-7-10-13-16-19-21-22-23-24-25-26-28-30-33-36-39-42-48(51)54-45-46(44-53-47(50)41-38-35-32-29-18-15-12-9-6-3)55-49(52)43-40-37-34-31-27-20-17-14-11-8-5-2/h16,19,22-23,25-26,30,33,46H,4-15,17-18,20-21,24,27-29,31-32,34-45H2,1-3H3/b19-16-,23-22-,26-25-,33-30-. The molecule has 0 saturated heterocycles. The van der Waals surface area contributed by atoms with Crippen molar-refractivity contribution in [2.75, 3.05) is 13.2 Å². The Morgan fingerprint density at radius 1 is 0.364 bits per heavy atom. The zero-order valence-corrected chi connectivity index (χ0v) is 36.2. The number of rotatable bonds is 41. The molecule has 0 radical (unpaired) electrons. The van der Waals surface area contributed by atoms with E-state index in [9.17, 15) is 14.4 Å². The fourth-order valence-corrected chi connectivity index (χ4v) is 6.32. The molecule has 0 saturated carbocycles. The van der Waals surface area contributed by atoms with Gasteiger partial charge in [-0.2, -0.15) is 0 Å². The highest BCUT2D eigenvalue weighted by atomic mass is 16.6. The van der Waals surface area contributed by atoms with Gasteiger partial charge < -0.3 is 14.2 Å². The van der Waals surface area contributed by atoms with Crippen LogP contribution in [0.15, 0.2) is 48.6 Å². The molecule has 0 aromatic carbocycles. The number of esters is 3. The number of unbranched alkanes of at least 4 members (excludes halogenated alkanes) is 22. The Labute approximate surface area is 339 Å². The van der Waals surface area contributed by atoms with Crippen molar-refractivity contribution in [1.82, 2.24) is 0 Å². The van der Waals surface area contributed by atoms with Crippen molar-refractivity contribution in [2.24, 2.45) is 0 Å². The van der Waals surface area contributed by atoms with Gasteiger partial charge in [-0.1, -0.05) is 198 Å². The quantitative estimate of drug-likeness (QED) is 0.0267. The molecule has 0 N–H and O–H groups in total. The normalized spacial score (nSPS) is 12.4. The second kappa shape index (κ2) is 44.1. The van der Waals surface area contributed by atoms with E-state index >= 15 is 0 Å². The fraction of sp³-hybridized carbons (Fsp3) is 0.776. The van der Waals surface area contributed by atoms with E-state index in [-0.39, 0.29) is 37.5 Å². The smallest absolute Gasteiger partial charge is 0.306 e. The van der Waals surface area contributed by atoms with Crippen LogP contribution >= 0.6 is 0 Å². The third kappa shape index (κ3) is 42.4. The van der Waals surface area contributed by atoms with E-state index in [1.807, 2.05) is 0 Å². The van der Waals surface area contributed by atoms with Crippen LogP contribution in [-0.2, 0) is 28.6 Å². The van der Waals surface area contributed by atoms with Crippen molar-refractivity contribution in [3.63, 3.8) is 0 Å². The van der Waals surface area contributed by atoms with Gasteiger partial charge in [0, 0.05) is 19.3 Å². The van der Waals surface area contributed by atoms with Gasteiger partial charge in [0.15, 0.2) is 6.10 Å². The van der Waals surface area contributed by atoms with E-state index in [0.29, 0.717) is 19.3 Å². The summed E-state index contributed by atoms with van der Waals surface area (Å²) in [6.45, 7) is 6.53. The van der Waals surface area contributed by atoms with Gasteiger partial charge >= 0.3 is 17.9 Å². The van der Waals surface area contributed by atoms with E-state index in [0.717, 1.165) is 64.2 Å². The van der Waals surface area contributed by atoms with Crippen LogP contribution in [0, 0.1) is 0 Å². The summed E-state index contributed by atoms with van der Waals surface area (Å²) in [7, 11) is 0. The van der Waals surface area contributed by atoms with Crippen LogP contribution in [0.4, 0.5) is 0 Å². The maximum absolute atomic E-state index is 12.7. The number of carbonyl (C=O) groups is 3. The van der Waals surface area contributed by atoms with Crippen molar-refractivity contribution >= 4 is 17.9 Å². The summed E-state index contributed by atoms with van der Waals surface area (Å²) >= 11 is 0. The number of hydrogen-bond donors (Lipinski definition) is 0. The summed E-state index contributed by atoms with van der Waals surface area (Å²) in [5.41, 5.74) is 0. The number of ether oxygens (including phenoxy) is 3. The average Bonchev–Trinajstić information content (AvgIpc) is 3.18. The lowest BCUT2D eigenvalue weighted by molar-refractivity contribution is -0.167. The van der Waals surface area contributed by atoms with Gasteiger partial charge in [0.2, 0.25) is 0 Å². The van der Waals surface area contributed by atoms with E-state index in [2.05, 4.69) is 69.4 Å². The van der Waals surface area contributed by atoms with Crippen LogP contribution in [-0.4, -0.2) is 37.2 Å². The Bertz CT molecular complexity index is 980. The first-order valence-corrected chi connectivity index (χ1v) is 23.1. The maximum Gasteiger partial charge on any atom is 0.306 e. The number of hydrogen-bond acceptors (Lipinski definition) is 6. The van der Waals surface area contributed by atoms with Gasteiger partial charge in [0.25, 0.3) is 0 Å². The summed E-state index contributed by atoms with van der Waals surface area (Å²) in [6.07, 6.45) is 51.0. The topological polar surface area (TPSA) is 78.9 Å². The molecule has 0 spiro atoms. The third-order valence-corrected chi connectivity index (χ3v) is 9.84. The monoisotopic (exact) mass is 771 g/mol. The summed E-state index contributed by atoms with van der Waals surface area (Å²) in [4.78, 5) is 37.6. The Morgan fingerprint density at radius 3 is 1.09 bits per heavy atom. The molecule has 318 valence electrons. The highest BCUT2D eigenvalue weighted by molar-refractivity contribution is 5.71. The Balaban J connectivity index is 4.42. The third-order valence-electron chi connectivity index (χ3n) is 9.84. The Hall–Kier alpha value is -2.63. The zero-order valence-electron chi connectivity index (χ0n) is 36.2. The second-order valence-corrected chi connectivity index (χ2v) is 15.3. The lowest BCUT2D eigenvalue weighted by Gasteiger charge is -2.18. The highest BCUT2D eigenvalue weighted by Gasteiger charge is 2.19. The fourth-order valence-electron chi connectivity index (χ4n) is 6.32. The lowest BCUT2D eigenvalue weighted by atomic mass is 10.1. The molecule has 0 aliphatic heterocycles. The van der Waals surface area contributed by atoms with Crippen molar-refractivity contribution in [3.05, 3.63) is 48.6 Å².